The van der Waals surface area contributed by atoms with Crippen LogP contribution in [0.15, 0.2) is 41.4 Å². The number of sulfonamides is 1. The molecule has 2 heterocycles. The standard InChI is InChI=1S/C14H11F3N6O2S/c1-8-2-4-9(5-3-8)12-19-13(14(15,16)17)22-23(12)10-6-7-11(21-20-10)26(18,24)25/h2-7H,1H3,(H2,18,24,25). The molecule has 0 aliphatic rings. The molecule has 136 valence electrons. The van der Waals surface area contributed by atoms with Gasteiger partial charge in [0.05, 0.1) is 0 Å². The van der Waals surface area contributed by atoms with E-state index in [1.54, 1.807) is 24.3 Å². The first-order chi connectivity index (χ1) is 12.1. The summed E-state index contributed by atoms with van der Waals surface area (Å²) in [5.41, 5.74) is 1.28. The fourth-order valence-corrected chi connectivity index (χ4v) is 2.47. The molecule has 0 saturated carbocycles. The van der Waals surface area contributed by atoms with E-state index >= 15 is 0 Å². The molecule has 26 heavy (non-hydrogen) atoms. The molecule has 8 nitrogen and oxygen atoms in total. The monoisotopic (exact) mass is 384 g/mol. The van der Waals surface area contributed by atoms with Crippen molar-refractivity contribution in [2.24, 2.45) is 5.14 Å². The van der Waals surface area contributed by atoms with Gasteiger partial charge in [-0.25, -0.2) is 18.5 Å². The molecule has 0 bridgehead atoms. The highest BCUT2D eigenvalue weighted by Crippen LogP contribution is 2.30. The lowest BCUT2D eigenvalue weighted by Crippen LogP contribution is -2.15. The largest absolute Gasteiger partial charge is 0.453 e. The van der Waals surface area contributed by atoms with E-state index in [0.29, 0.717) is 5.56 Å². The molecule has 3 aromatic rings. The molecular weight excluding hydrogens is 373 g/mol. The highest BCUT2D eigenvalue weighted by molar-refractivity contribution is 7.89. The van der Waals surface area contributed by atoms with Crippen LogP contribution in [0.1, 0.15) is 11.4 Å². The van der Waals surface area contributed by atoms with Gasteiger partial charge in [0.1, 0.15) is 0 Å². The summed E-state index contributed by atoms with van der Waals surface area (Å²) in [6.07, 6.45) is -4.77. The summed E-state index contributed by atoms with van der Waals surface area (Å²) in [6, 6.07) is 8.74. The summed E-state index contributed by atoms with van der Waals surface area (Å²) in [6.45, 7) is 1.83. The predicted octanol–water partition coefficient (Wildman–Crippen LogP) is 1.70. The van der Waals surface area contributed by atoms with Crippen molar-refractivity contribution in [1.82, 2.24) is 25.0 Å². The van der Waals surface area contributed by atoms with Gasteiger partial charge in [-0.15, -0.1) is 15.3 Å². The smallest absolute Gasteiger partial charge is 0.223 e. The molecule has 0 atom stereocenters. The number of halogens is 3. The molecule has 0 aliphatic carbocycles. The van der Waals surface area contributed by atoms with Crippen LogP contribution in [-0.4, -0.2) is 33.4 Å². The maximum absolute atomic E-state index is 13.0. The van der Waals surface area contributed by atoms with Crippen LogP contribution in [0.3, 0.4) is 0 Å². The first kappa shape index (κ1) is 17.9. The second-order valence-corrected chi connectivity index (χ2v) is 6.82. The maximum Gasteiger partial charge on any atom is 0.453 e. The lowest BCUT2D eigenvalue weighted by molar-refractivity contribution is -0.144. The van der Waals surface area contributed by atoms with Gasteiger partial charge in [-0.2, -0.15) is 17.9 Å². The van der Waals surface area contributed by atoms with Crippen molar-refractivity contribution < 1.29 is 21.6 Å². The average molecular weight is 384 g/mol. The molecular formula is C14H11F3N6O2S. The highest BCUT2D eigenvalue weighted by Gasteiger charge is 2.37. The Morgan fingerprint density at radius 1 is 1.04 bits per heavy atom. The number of aromatic nitrogens is 5. The van der Waals surface area contributed by atoms with Gasteiger partial charge in [0.2, 0.25) is 0 Å². The lowest BCUT2D eigenvalue weighted by Gasteiger charge is -2.05. The van der Waals surface area contributed by atoms with E-state index in [1.165, 1.54) is 0 Å². The lowest BCUT2D eigenvalue weighted by atomic mass is 10.1. The van der Waals surface area contributed by atoms with Crippen molar-refractivity contribution in [2.75, 3.05) is 0 Å². The number of rotatable bonds is 3. The van der Waals surface area contributed by atoms with Gasteiger partial charge in [-0.3, -0.25) is 0 Å². The van der Waals surface area contributed by atoms with E-state index in [4.69, 9.17) is 5.14 Å². The van der Waals surface area contributed by atoms with Crippen LogP contribution in [0.2, 0.25) is 0 Å². The summed E-state index contributed by atoms with van der Waals surface area (Å²) in [7, 11) is -4.09. The van der Waals surface area contributed by atoms with Gasteiger partial charge >= 0.3 is 6.18 Å². The van der Waals surface area contributed by atoms with E-state index in [1.807, 2.05) is 6.92 Å². The van der Waals surface area contributed by atoms with Gasteiger partial charge in [-0.05, 0) is 19.1 Å². The number of nitrogens with zero attached hydrogens (tertiary/aromatic N) is 5. The molecule has 0 unspecified atom stereocenters. The third kappa shape index (κ3) is 3.55. The Hall–Kier alpha value is -2.86. The third-order valence-electron chi connectivity index (χ3n) is 3.30. The third-order valence-corrected chi connectivity index (χ3v) is 4.11. The number of hydrogen-bond donors (Lipinski definition) is 1. The minimum Gasteiger partial charge on any atom is -0.223 e. The molecule has 12 heteroatoms. The van der Waals surface area contributed by atoms with Crippen molar-refractivity contribution in [3.05, 3.63) is 47.8 Å². The molecule has 3 rings (SSSR count). The van der Waals surface area contributed by atoms with Crippen LogP contribution in [0.5, 0.6) is 0 Å². The first-order valence-electron chi connectivity index (χ1n) is 7.04. The molecule has 0 aliphatic heterocycles. The maximum atomic E-state index is 13.0. The quantitative estimate of drug-likeness (QED) is 0.735. The molecule has 2 aromatic heterocycles. The fraction of sp³-hybridized carbons (Fsp3) is 0.143. The molecule has 0 fully saturated rings. The van der Waals surface area contributed by atoms with Crippen LogP contribution < -0.4 is 5.14 Å². The summed E-state index contributed by atoms with van der Waals surface area (Å²) in [5, 5.41) is 14.9. The minimum absolute atomic E-state index is 0.116. The summed E-state index contributed by atoms with van der Waals surface area (Å²) >= 11 is 0. The average Bonchev–Trinajstić information content (AvgIpc) is 3.00. The zero-order valence-corrected chi connectivity index (χ0v) is 14.0. The molecule has 1 aromatic carbocycles. The fourth-order valence-electron chi connectivity index (χ4n) is 2.06. The Morgan fingerprint density at radius 2 is 1.69 bits per heavy atom. The Bertz CT molecular complexity index is 1040. The van der Waals surface area contributed by atoms with Gasteiger partial charge in [0, 0.05) is 5.56 Å². The summed E-state index contributed by atoms with van der Waals surface area (Å²) in [4.78, 5) is 3.55. The Kier molecular flexibility index (Phi) is 4.24. The second kappa shape index (κ2) is 6.14. The van der Waals surface area contributed by atoms with Gasteiger partial charge < -0.3 is 0 Å². The normalized spacial score (nSPS) is 12.3. The Morgan fingerprint density at radius 3 is 2.19 bits per heavy atom. The van der Waals surface area contributed by atoms with E-state index in [0.717, 1.165) is 22.4 Å². The zero-order valence-electron chi connectivity index (χ0n) is 13.1. The summed E-state index contributed by atoms with van der Waals surface area (Å²) < 4.78 is 62.4. The van der Waals surface area contributed by atoms with E-state index < -0.39 is 27.0 Å². The van der Waals surface area contributed by atoms with Crippen molar-refractivity contribution in [1.29, 1.82) is 0 Å². The van der Waals surface area contributed by atoms with Gasteiger partial charge in [-0.1, -0.05) is 29.8 Å². The Labute approximate surface area is 145 Å². The molecule has 2 N–H and O–H groups in total. The van der Waals surface area contributed by atoms with Crippen LogP contribution in [-0.2, 0) is 16.2 Å². The first-order valence-corrected chi connectivity index (χ1v) is 8.58. The molecule has 0 saturated heterocycles. The summed E-state index contributed by atoms with van der Waals surface area (Å²) in [5.74, 6) is -1.61. The van der Waals surface area contributed by atoms with Crippen LogP contribution in [0.4, 0.5) is 13.2 Å². The number of nitrogens with two attached hydrogens (primary N) is 1. The number of hydrogen-bond acceptors (Lipinski definition) is 6. The Balaban J connectivity index is 2.16. The molecule has 0 amide bonds. The van der Waals surface area contributed by atoms with Crippen molar-refractivity contribution in [3.8, 4) is 17.2 Å². The second-order valence-electron chi connectivity index (χ2n) is 5.31. The number of aryl methyl sites for hydroxylation is 1. The topological polar surface area (TPSA) is 117 Å². The van der Waals surface area contributed by atoms with E-state index in [2.05, 4.69) is 20.3 Å². The number of alkyl halides is 3. The number of primary sulfonamides is 1. The van der Waals surface area contributed by atoms with Crippen molar-refractivity contribution >= 4 is 10.0 Å². The van der Waals surface area contributed by atoms with Crippen molar-refractivity contribution in [3.63, 3.8) is 0 Å². The van der Waals surface area contributed by atoms with Gasteiger partial charge in [0.25, 0.3) is 15.8 Å². The highest BCUT2D eigenvalue weighted by atomic mass is 32.2. The molecule has 0 spiro atoms. The van der Waals surface area contributed by atoms with Crippen LogP contribution in [0, 0.1) is 6.92 Å². The van der Waals surface area contributed by atoms with Crippen LogP contribution in [0.25, 0.3) is 17.2 Å². The minimum atomic E-state index is -4.77. The van der Waals surface area contributed by atoms with E-state index in [-0.39, 0.29) is 11.6 Å². The predicted molar refractivity (Wildman–Crippen MR) is 83.5 cm³/mol. The number of benzene rings is 1. The van der Waals surface area contributed by atoms with E-state index in [9.17, 15) is 21.6 Å². The zero-order chi connectivity index (χ0) is 19.1. The van der Waals surface area contributed by atoms with Gasteiger partial charge in [0.15, 0.2) is 16.7 Å². The van der Waals surface area contributed by atoms with Crippen molar-refractivity contribution in [2.45, 2.75) is 18.1 Å². The molecule has 0 radical (unpaired) electrons. The SMILES string of the molecule is Cc1ccc(-c2nc(C(F)(F)F)nn2-c2ccc(S(N)(=O)=O)nn2)cc1. The van der Waals surface area contributed by atoms with Crippen LogP contribution >= 0.6 is 0 Å².